The zero-order chi connectivity index (χ0) is 16.5. The third-order valence-corrected chi connectivity index (χ3v) is 4.41. The second kappa shape index (κ2) is 5.96. The van der Waals surface area contributed by atoms with Gasteiger partial charge in [0.2, 0.25) is 0 Å². The summed E-state index contributed by atoms with van der Waals surface area (Å²) in [4.78, 5) is 17.1. The number of hydrogen-bond donors (Lipinski definition) is 1. The van der Waals surface area contributed by atoms with E-state index in [-0.39, 0.29) is 11.9 Å². The molecule has 3 heterocycles. The second-order valence-electron chi connectivity index (χ2n) is 6.03. The molecule has 1 aromatic carbocycles. The van der Waals surface area contributed by atoms with Crippen LogP contribution in [0.15, 0.2) is 47.2 Å². The lowest BCUT2D eigenvalue weighted by molar-refractivity contribution is 0.0926. The van der Waals surface area contributed by atoms with Gasteiger partial charge >= 0.3 is 0 Å². The average molecular weight is 322 g/mol. The molecule has 0 saturated carbocycles. The molecule has 4 rings (SSSR count). The summed E-state index contributed by atoms with van der Waals surface area (Å²) in [6, 6.07) is 9.70. The number of benzene rings is 1. The Balaban J connectivity index is 1.56. The highest BCUT2D eigenvalue weighted by Gasteiger charge is 2.25. The number of amides is 1. The summed E-state index contributed by atoms with van der Waals surface area (Å²) < 4.78 is 7.37. The van der Waals surface area contributed by atoms with E-state index >= 15 is 0 Å². The zero-order valence-corrected chi connectivity index (χ0v) is 13.4. The Morgan fingerprint density at radius 2 is 2.17 bits per heavy atom. The van der Waals surface area contributed by atoms with Crippen molar-refractivity contribution in [1.29, 1.82) is 0 Å². The van der Waals surface area contributed by atoms with Crippen LogP contribution in [-0.2, 0) is 13.0 Å². The molecule has 6 nitrogen and oxygen atoms in total. The number of aromatic nitrogens is 3. The lowest BCUT2D eigenvalue weighted by atomic mass is 10.0. The third-order valence-electron chi connectivity index (χ3n) is 4.41. The number of fused-ring (bicyclic) bond motifs is 1. The number of rotatable bonds is 3. The highest BCUT2D eigenvalue weighted by atomic mass is 16.5. The highest BCUT2D eigenvalue weighted by Crippen LogP contribution is 2.25. The maximum absolute atomic E-state index is 12.8. The van der Waals surface area contributed by atoms with Crippen molar-refractivity contribution < 1.29 is 9.32 Å². The minimum absolute atomic E-state index is 0.0807. The molecule has 1 aliphatic rings. The summed E-state index contributed by atoms with van der Waals surface area (Å²) in [5.74, 6) is 1.47. The van der Waals surface area contributed by atoms with E-state index in [4.69, 9.17) is 4.52 Å². The van der Waals surface area contributed by atoms with Gasteiger partial charge in [0.1, 0.15) is 22.8 Å². The molecule has 24 heavy (non-hydrogen) atoms. The van der Waals surface area contributed by atoms with Crippen LogP contribution in [0.25, 0.3) is 11.3 Å². The molecule has 0 spiro atoms. The van der Waals surface area contributed by atoms with Crippen LogP contribution in [-0.4, -0.2) is 26.7 Å². The SMILES string of the molecule is Cc1onc(-c2ccccc2)c1C(=O)N[C@@H]1CCc2nccn2C1. The lowest BCUT2D eigenvalue weighted by Crippen LogP contribution is -2.41. The molecule has 2 aromatic heterocycles. The Hall–Kier alpha value is -2.89. The summed E-state index contributed by atoms with van der Waals surface area (Å²) in [6.45, 7) is 2.51. The van der Waals surface area contributed by atoms with Crippen LogP contribution in [0.4, 0.5) is 0 Å². The Morgan fingerprint density at radius 3 is 3.00 bits per heavy atom. The van der Waals surface area contributed by atoms with Crippen molar-refractivity contribution in [2.45, 2.75) is 32.4 Å². The van der Waals surface area contributed by atoms with Gasteiger partial charge in [-0.15, -0.1) is 0 Å². The van der Waals surface area contributed by atoms with Crippen molar-refractivity contribution in [1.82, 2.24) is 20.0 Å². The summed E-state index contributed by atoms with van der Waals surface area (Å²) in [6.07, 6.45) is 5.50. The molecule has 0 unspecified atom stereocenters. The van der Waals surface area contributed by atoms with Crippen molar-refractivity contribution in [2.75, 3.05) is 0 Å². The Kier molecular flexibility index (Phi) is 3.65. The predicted octanol–water partition coefficient (Wildman–Crippen LogP) is 2.59. The summed E-state index contributed by atoms with van der Waals surface area (Å²) in [5, 5.41) is 7.19. The van der Waals surface area contributed by atoms with Gasteiger partial charge in [0.25, 0.3) is 5.91 Å². The van der Waals surface area contributed by atoms with Gasteiger partial charge in [0, 0.05) is 37.0 Å². The van der Waals surface area contributed by atoms with E-state index in [1.54, 1.807) is 13.1 Å². The van der Waals surface area contributed by atoms with E-state index in [0.29, 0.717) is 17.0 Å². The molecule has 3 aromatic rings. The van der Waals surface area contributed by atoms with Gasteiger partial charge in [-0.05, 0) is 13.3 Å². The molecule has 1 atom stereocenters. The second-order valence-corrected chi connectivity index (χ2v) is 6.03. The van der Waals surface area contributed by atoms with E-state index in [9.17, 15) is 4.79 Å². The van der Waals surface area contributed by atoms with E-state index in [0.717, 1.165) is 30.8 Å². The molecule has 1 aliphatic heterocycles. The minimum atomic E-state index is -0.138. The first-order chi connectivity index (χ1) is 11.7. The first kappa shape index (κ1) is 14.7. The van der Waals surface area contributed by atoms with Gasteiger partial charge in [-0.2, -0.15) is 0 Å². The monoisotopic (exact) mass is 322 g/mol. The first-order valence-corrected chi connectivity index (χ1v) is 8.05. The first-order valence-electron chi connectivity index (χ1n) is 8.05. The van der Waals surface area contributed by atoms with E-state index in [1.807, 2.05) is 36.5 Å². The quantitative estimate of drug-likeness (QED) is 0.804. The van der Waals surface area contributed by atoms with Gasteiger partial charge in [0.05, 0.1) is 0 Å². The van der Waals surface area contributed by atoms with Crippen LogP contribution >= 0.6 is 0 Å². The van der Waals surface area contributed by atoms with Gasteiger partial charge < -0.3 is 14.4 Å². The Labute approximate surface area is 139 Å². The molecule has 0 fully saturated rings. The fraction of sp³-hybridized carbons (Fsp3) is 0.278. The molecule has 6 heteroatoms. The number of carbonyl (C=O) groups excluding carboxylic acids is 1. The Morgan fingerprint density at radius 1 is 1.33 bits per heavy atom. The lowest BCUT2D eigenvalue weighted by Gasteiger charge is -2.24. The molecule has 0 radical (unpaired) electrons. The smallest absolute Gasteiger partial charge is 0.257 e. The van der Waals surface area contributed by atoms with Crippen LogP contribution in [0.3, 0.4) is 0 Å². The van der Waals surface area contributed by atoms with Crippen LogP contribution in [0.5, 0.6) is 0 Å². The van der Waals surface area contributed by atoms with Gasteiger partial charge in [0.15, 0.2) is 0 Å². The number of carbonyl (C=O) groups is 1. The Bertz CT molecular complexity index is 866. The van der Waals surface area contributed by atoms with Gasteiger partial charge in [-0.1, -0.05) is 35.5 Å². The van der Waals surface area contributed by atoms with E-state index in [2.05, 4.69) is 20.0 Å². The van der Waals surface area contributed by atoms with E-state index in [1.165, 1.54) is 0 Å². The van der Waals surface area contributed by atoms with Crippen molar-refractivity contribution in [3.8, 4) is 11.3 Å². The average Bonchev–Trinajstić information content (AvgIpc) is 3.21. The fourth-order valence-corrected chi connectivity index (χ4v) is 3.17. The number of nitrogens with one attached hydrogen (secondary N) is 1. The molecular weight excluding hydrogens is 304 g/mol. The largest absolute Gasteiger partial charge is 0.360 e. The summed E-state index contributed by atoms with van der Waals surface area (Å²) >= 11 is 0. The van der Waals surface area contributed by atoms with Crippen molar-refractivity contribution in [3.05, 3.63) is 59.9 Å². The highest BCUT2D eigenvalue weighted by molar-refractivity contribution is 6.00. The van der Waals surface area contributed by atoms with Crippen molar-refractivity contribution in [3.63, 3.8) is 0 Å². The van der Waals surface area contributed by atoms with Gasteiger partial charge in [-0.25, -0.2) is 4.98 Å². The van der Waals surface area contributed by atoms with Crippen LogP contribution in [0, 0.1) is 6.92 Å². The number of hydrogen-bond acceptors (Lipinski definition) is 4. The molecule has 1 N–H and O–H groups in total. The van der Waals surface area contributed by atoms with Crippen LogP contribution in [0.2, 0.25) is 0 Å². The van der Waals surface area contributed by atoms with E-state index < -0.39 is 0 Å². The van der Waals surface area contributed by atoms with Crippen molar-refractivity contribution >= 4 is 5.91 Å². The number of imidazole rings is 1. The normalized spacial score (nSPS) is 16.6. The van der Waals surface area contributed by atoms with Crippen LogP contribution in [0.1, 0.15) is 28.4 Å². The van der Waals surface area contributed by atoms with Gasteiger partial charge in [-0.3, -0.25) is 4.79 Å². The molecule has 1 amide bonds. The summed E-state index contributed by atoms with van der Waals surface area (Å²) in [5.41, 5.74) is 1.97. The summed E-state index contributed by atoms with van der Waals surface area (Å²) in [7, 11) is 0. The predicted molar refractivity (Wildman–Crippen MR) is 88.5 cm³/mol. The standard InChI is InChI=1S/C18H18N4O2/c1-12-16(17(21-24-12)13-5-3-2-4-6-13)18(23)20-14-7-8-15-19-9-10-22(15)11-14/h2-6,9-10,14H,7-8,11H2,1H3,(H,20,23)/t14-/m1/s1. The maximum Gasteiger partial charge on any atom is 0.257 e. The number of aryl methyl sites for hydroxylation is 2. The fourth-order valence-electron chi connectivity index (χ4n) is 3.17. The maximum atomic E-state index is 12.8. The molecule has 122 valence electrons. The molecular formula is C18H18N4O2. The minimum Gasteiger partial charge on any atom is -0.360 e. The zero-order valence-electron chi connectivity index (χ0n) is 13.4. The third kappa shape index (κ3) is 2.60. The molecule has 0 saturated heterocycles. The molecule has 0 bridgehead atoms. The number of nitrogens with zero attached hydrogens (tertiary/aromatic N) is 3. The topological polar surface area (TPSA) is 73.0 Å². The molecule has 0 aliphatic carbocycles. The van der Waals surface area contributed by atoms with Crippen molar-refractivity contribution in [2.24, 2.45) is 0 Å². The van der Waals surface area contributed by atoms with Crippen LogP contribution < -0.4 is 5.32 Å².